The fourth-order valence-electron chi connectivity index (χ4n) is 7.03. The van der Waals surface area contributed by atoms with Gasteiger partial charge >= 0.3 is 0 Å². The summed E-state index contributed by atoms with van der Waals surface area (Å²) < 4.78 is 2.33. The van der Waals surface area contributed by atoms with Crippen molar-refractivity contribution in [3.63, 3.8) is 0 Å². The topological polar surface area (TPSA) is 20.5 Å². The van der Waals surface area contributed by atoms with Crippen molar-refractivity contribution >= 4 is 44.4 Å². The highest BCUT2D eigenvalue weighted by atomic mass is 15.1. The molecule has 0 aliphatic heterocycles. The van der Waals surface area contributed by atoms with E-state index in [1.54, 1.807) is 0 Å². The van der Waals surface area contributed by atoms with Crippen LogP contribution in [0.25, 0.3) is 60.8 Å². The molecule has 3 nitrogen and oxygen atoms in total. The Hall–Kier alpha value is -6.45. The Kier molecular flexibility index (Phi) is 6.80. The minimum absolute atomic E-state index is 0.957. The molecule has 0 aliphatic rings. The van der Waals surface area contributed by atoms with Gasteiger partial charge in [-0.3, -0.25) is 4.40 Å². The molecule has 0 saturated heterocycles. The van der Waals surface area contributed by atoms with Crippen molar-refractivity contribution in [2.75, 3.05) is 4.90 Å². The summed E-state index contributed by atoms with van der Waals surface area (Å²) in [6, 6.07) is 64.7. The molecule has 9 rings (SSSR count). The van der Waals surface area contributed by atoms with Crippen molar-refractivity contribution in [3.05, 3.63) is 188 Å². The van der Waals surface area contributed by atoms with Crippen molar-refractivity contribution in [3.8, 4) is 33.5 Å². The molecule has 226 valence electrons. The van der Waals surface area contributed by atoms with E-state index in [9.17, 15) is 0 Å². The Labute approximate surface area is 279 Å². The van der Waals surface area contributed by atoms with Gasteiger partial charge in [0.25, 0.3) is 0 Å². The molecule has 0 aliphatic carbocycles. The van der Waals surface area contributed by atoms with Crippen LogP contribution in [0.5, 0.6) is 0 Å². The van der Waals surface area contributed by atoms with Gasteiger partial charge in [-0.25, -0.2) is 4.98 Å². The molecule has 0 radical (unpaired) electrons. The zero-order chi connectivity index (χ0) is 31.9. The van der Waals surface area contributed by atoms with Gasteiger partial charge in [-0.15, -0.1) is 0 Å². The van der Waals surface area contributed by atoms with Gasteiger partial charge in [0.1, 0.15) is 5.65 Å². The third kappa shape index (κ3) is 4.72. The minimum Gasteiger partial charge on any atom is -0.310 e. The largest absolute Gasteiger partial charge is 0.310 e. The summed E-state index contributed by atoms with van der Waals surface area (Å²) in [5, 5.41) is 3.53. The molecular weight excluding hydrogens is 583 g/mol. The third-order valence-electron chi connectivity index (χ3n) is 9.21. The molecule has 7 aromatic carbocycles. The first-order valence-electron chi connectivity index (χ1n) is 16.3. The Morgan fingerprint density at radius 1 is 0.396 bits per heavy atom. The van der Waals surface area contributed by atoms with Crippen molar-refractivity contribution < 1.29 is 0 Å². The number of imidazole rings is 1. The number of rotatable bonds is 6. The quantitative estimate of drug-likeness (QED) is 0.174. The van der Waals surface area contributed by atoms with Crippen LogP contribution in [0.2, 0.25) is 0 Å². The fraction of sp³-hybridized carbons (Fsp3) is 0. The normalized spacial score (nSPS) is 11.3. The molecule has 2 aromatic heterocycles. The van der Waals surface area contributed by atoms with E-state index < -0.39 is 0 Å². The molecule has 0 N–H and O–H groups in total. The van der Waals surface area contributed by atoms with Crippen LogP contribution in [0.1, 0.15) is 0 Å². The van der Waals surface area contributed by atoms with Gasteiger partial charge in [0, 0.05) is 33.4 Å². The zero-order valence-electron chi connectivity index (χ0n) is 26.2. The molecular formula is C45H31N3. The highest BCUT2D eigenvalue weighted by molar-refractivity contribution is 6.13. The SMILES string of the molecule is c1ccc(-c2ccccc2-c2ccc3c(c2)c2ccccc2c2ncc(-c4cccc(N(c5ccccc5)c5ccccc5)c4)n32)cc1. The molecule has 0 unspecified atom stereocenters. The van der Waals surface area contributed by atoms with E-state index in [0.29, 0.717) is 0 Å². The van der Waals surface area contributed by atoms with Crippen LogP contribution >= 0.6 is 0 Å². The number of para-hydroxylation sites is 2. The molecule has 3 heteroatoms. The molecule has 0 spiro atoms. The molecule has 0 amide bonds. The van der Waals surface area contributed by atoms with Crippen LogP contribution in [-0.2, 0) is 0 Å². The van der Waals surface area contributed by atoms with Crippen molar-refractivity contribution in [1.82, 2.24) is 9.38 Å². The Morgan fingerprint density at radius 3 is 1.67 bits per heavy atom. The predicted octanol–water partition coefficient (Wildman–Crippen LogP) is 12.1. The van der Waals surface area contributed by atoms with E-state index in [1.165, 1.54) is 33.0 Å². The van der Waals surface area contributed by atoms with Gasteiger partial charge in [-0.2, -0.15) is 0 Å². The van der Waals surface area contributed by atoms with Gasteiger partial charge in [-0.05, 0) is 76.2 Å². The van der Waals surface area contributed by atoms with Gasteiger partial charge in [0.05, 0.1) is 17.4 Å². The summed E-state index contributed by atoms with van der Waals surface area (Å²) in [5.41, 5.74) is 12.4. The monoisotopic (exact) mass is 613 g/mol. The number of hydrogen-bond acceptors (Lipinski definition) is 2. The molecule has 0 bridgehead atoms. The number of benzene rings is 7. The van der Waals surface area contributed by atoms with Crippen LogP contribution in [0.3, 0.4) is 0 Å². The number of pyridine rings is 1. The van der Waals surface area contributed by atoms with E-state index in [1.807, 2.05) is 6.20 Å². The Morgan fingerprint density at radius 2 is 0.958 bits per heavy atom. The van der Waals surface area contributed by atoms with Crippen molar-refractivity contribution in [2.24, 2.45) is 0 Å². The van der Waals surface area contributed by atoms with Crippen LogP contribution in [-0.4, -0.2) is 9.38 Å². The first kappa shape index (κ1) is 27.8. The number of anilines is 3. The Bertz CT molecular complexity index is 2510. The summed E-state index contributed by atoms with van der Waals surface area (Å²) >= 11 is 0. The maximum atomic E-state index is 5.05. The average Bonchev–Trinajstić information content (AvgIpc) is 3.62. The van der Waals surface area contributed by atoms with Gasteiger partial charge < -0.3 is 4.90 Å². The van der Waals surface area contributed by atoms with E-state index in [-0.39, 0.29) is 0 Å². The summed E-state index contributed by atoms with van der Waals surface area (Å²) in [6.07, 6.45) is 2.02. The number of nitrogens with zero attached hydrogens (tertiary/aromatic N) is 3. The van der Waals surface area contributed by atoms with Crippen molar-refractivity contribution in [2.45, 2.75) is 0 Å². The molecule has 0 saturated carbocycles. The summed E-state index contributed by atoms with van der Waals surface area (Å²) in [7, 11) is 0. The molecule has 9 aromatic rings. The van der Waals surface area contributed by atoms with Crippen LogP contribution < -0.4 is 4.90 Å². The van der Waals surface area contributed by atoms with E-state index >= 15 is 0 Å². The summed E-state index contributed by atoms with van der Waals surface area (Å²) in [6.45, 7) is 0. The van der Waals surface area contributed by atoms with Gasteiger partial charge in [0.2, 0.25) is 0 Å². The second-order valence-electron chi connectivity index (χ2n) is 12.0. The minimum atomic E-state index is 0.957. The molecule has 0 fully saturated rings. The van der Waals surface area contributed by atoms with Gasteiger partial charge in [-0.1, -0.05) is 133 Å². The first-order valence-corrected chi connectivity index (χ1v) is 16.3. The lowest BCUT2D eigenvalue weighted by Crippen LogP contribution is -2.09. The van der Waals surface area contributed by atoms with E-state index in [4.69, 9.17) is 4.98 Å². The smallest absolute Gasteiger partial charge is 0.145 e. The van der Waals surface area contributed by atoms with E-state index in [2.05, 4.69) is 191 Å². The molecule has 2 heterocycles. The second-order valence-corrected chi connectivity index (χ2v) is 12.0. The van der Waals surface area contributed by atoms with Gasteiger partial charge in [0.15, 0.2) is 0 Å². The fourth-order valence-corrected chi connectivity index (χ4v) is 7.03. The molecule has 48 heavy (non-hydrogen) atoms. The van der Waals surface area contributed by atoms with Crippen molar-refractivity contribution in [1.29, 1.82) is 0 Å². The predicted molar refractivity (Wildman–Crippen MR) is 201 cm³/mol. The third-order valence-corrected chi connectivity index (χ3v) is 9.21. The lowest BCUT2D eigenvalue weighted by molar-refractivity contribution is 1.26. The average molecular weight is 614 g/mol. The first-order chi connectivity index (χ1) is 23.8. The highest BCUT2D eigenvalue weighted by Crippen LogP contribution is 2.40. The number of hydrogen-bond donors (Lipinski definition) is 0. The standard InChI is InChI=1S/C45H31N3/c1-4-15-32(16-5-1)38-23-10-11-24-39(38)33-27-28-43-42(30-33)40-25-12-13-26-41(40)45-46-31-44(48(43)45)34-17-14-22-37(29-34)47(35-18-6-2-7-19-35)36-20-8-3-9-21-36/h1-31H. The lowest BCUT2D eigenvalue weighted by Gasteiger charge is -2.25. The molecule has 0 atom stereocenters. The number of fused-ring (bicyclic) bond motifs is 6. The maximum absolute atomic E-state index is 5.05. The Balaban J connectivity index is 1.25. The van der Waals surface area contributed by atoms with Crippen LogP contribution in [0, 0.1) is 0 Å². The van der Waals surface area contributed by atoms with Crippen LogP contribution in [0.4, 0.5) is 17.1 Å². The summed E-state index contributed by atoms with van der Waals surface area (Å²) in [5.74, 6) is 0. The highest BCUT2D eigenvalue weighted by Gasteiger charge is 2.18. The second kappa shape index (κ2) is 11.7. The van der Waals surface area contributed by atoms with E-state index in [0.717, 1.165) is 44.9 Å². The lowest BCUT2D eigenvalue weighted by atomic mass is 9.93. The maximum Gasteiger partial charge on any atom is 0.145 e. The zero-order valence-corrected chi connectivity index (χ0v) is 26.2. The number of aromatic nitrogens is 2. The van der Waals surface area contributed by atoms with Crippen LogP contribution in [0.15, 0.2) is 188 Å². The summed E-state index contributed by atoms with van der Waals surface area (Å²) in [4.78, 5) is 7.35.